The van der Waals surface area contributed by atoms with E-state index in [1.165, 1.54) is 71.5 Å². The number of aromatic nitrogens is 2. The second-order valence-corrected chi connectivity index (χ2v) is 12.4. The van der Waals surface area contributed by atoms with Crippen molar-refractivity contribution in [3.05, 3.63) is 170 Å². The first kappa shape index (κ1) is 26.0. The van der Waals surface area contributed by atoms with Crippen LogP contribution in [0.2, 0.25) is 0 Å². The molecule has 0 atom stereocenters. The first-order valence-electron chi connectivity index (χ1n) is 16.1. The maximum Gasteiger partial charge on any atom is 0.0800 e. The molecular formula is C45H28N2. The molecule has 0 fully saturated rings. The van der Waals surface area contributed by atoms with Gasteiger partial charge in [0.05, 0.1) is 22.4 Å². The molecule has 2 nitrogen and oxygen atoms in total. The van der Waals surface area contributed by atoms with E-state index >= 15 is 0 Å². The maximum absolute atomic E-state index is 5.31. The average Bonchev–Trinajstić information content (AvgIpc) is 3.65. The molecule has 218 valence electrons. The quantitative estimate of drug-likeness (QED) is 0.198. The van der Waals surface area contributed by atoms with Crippen molar-refractivity contribution in [1.82, 2.24) is 9.55 Å². The molecule has 0 bridgehead atoms. The molecule has 9 aromatic rings. The van der Waals surface area contributed by atoms with Gasteiger partial charge in [0.1, 0.15) is 0 Å². The molecule has 0 spiro atoms. The normalized spacial score (nSPS) is 11.8. The molecule has 10 rings (SSSR count). The zero-order valence-electron chi connectivity index (χ0n) is 25.6. The van der Waals surface area contributed by atoms with Gasteiger partial charge in [-0.3, -0.25) is 0 Å². The fraction of sp³-hybridized carbons (Fsp3) is 0. The minimum absolute atomic E-state index is 0.988. The van der Waals surface area contributed by atoms with Crippen LogP contribution in [0.15, 0.2) is 170 Å². The van der Waals surface area contributed by atoms with E-state index in [-0.39, 0.29) is 0 Å². The van der Waals surface area contributed by atoms with Crippen LogP contribution in [0.3, 0.4) is 0 Å². The second kappa shape index (κ2) is 10.1. The van der Waals surface area contributed by atoms with Crippen molar-refractivity contribution < 1.29 is 0 Å². The number of hydrogen-bond acceptors (Lipinski definition) is 1. The molecule has 0 N–H and O–H groups in total. The Morgan fingerprint density at radius 2 is 0.957 bits per heavy atom. The SMILES string of the molecule is c1ccc(-c2ccc3c(c2)c2cc(-c4ccccc4)ccc2n3-c2cccc(-c3cc4cccc5c4c(n3)-c3ccccc3-5)c2)cc1. The van der Waals surface area contributed by atoms with Crippen LogP contribution in [0, 0.1) is 0 Å². The summed E-state index contributed by atoms with van der Waals surface area (Å²) in [4.78, 5) is 5.31. The fourth-order valence-electron chi connectivity index (χ4n) is 7.53. The van der Waals surface area contributed by atoms with Crippen LogP contribution >= 0.6 is 0 Å². The van der Waals surface area contributed by atoms with Gasteiger partial charge in [-0.25, -0.2) is 4.98 Å². The fourth-order valence-corrected chi connectivity index (χ4v) is 7.53. The molecule has 0 radical (unpaired) electrons. The Bertz CT molecular complexity index is 2570. The summed E-state index contributed by atoms with van der Waals surface area (Å²) in [6, 6.07) is 61.4. The van der Waals surface area contributed by atoms with E-state index < -0.39 is 0 Å². The van der Waals surface area contributed by atoms with E-state index in [1.54, 1.807) is 0 Å². The third kappa shape index (κ3) is 4.02. The second-order valence-electron chi connectivity index (χ2n) is 12.4. The van der Waals surface area contributed by atoms with Crippen molar-refractivity contribution >= 4 is 32.6 Å². The van der Waals surface area contributed by atoms with Gasteiger partial charge in [-0.1, -0.05) is 127 Å². The first-order chi connectivity index (χ1) is 23.3. The third-order valence-corrected chi connectivity index (χ3v) is 9.71. The molecular weight excluding hydrogens is 569 g/mol. The summed E-state index contributed by atoms with van der Waals surface area (Å²) in [5.74, 6) is 0. The number of benzene rings is 7. The van der Waals surface area contributed by atoms with Crippen LogP contribution in [0.5, 0.6) is 0 Å². The molecule has 0 amide bonds. The number of pyridine rings is 1. The predicted molar refractivity (Wildman–Crippen MR) is 197 cm³/mol. The Kier molecular flexibility index (Phi) is 5.61. The Hall–Kier alpha value is -6.25. The Morgan fingerprint density at radius 3 is 1.64 bits per heavy atom. The average molecular weight is 597 g/mol. The number of rotatable bonds is 4. The van der Waals surface area contributed by atoms with Gasteiger partial charge < -0.3 is 4.57 Å². The Morgan fingerprint density at radius 1 is 0.383 bits per heavy atom. The van der Waals surface area contributed by atoms with Crippen molar-refractivity contribution in [2.45, 2.75) is 0 Å². The van der Waals surface area contributed by atoms with E-state index in [4.69, 9.17) is 4.98 Å². The van der Waals surface area contributed by atoms with Crippen LogP contribution < -0.4 is 0 Å². The minimum atomic E-state index is 0.988. The van der Waals surface area contributed by atoms with E-state index in [1.807, 2.05) is 0 Å². The number of fused-ring (bicyclic) bond motifs is 6. The van der Waals surface area contributed by atoms with Crippen molar-refractivity contribution in [2.24, 2.45) is 0 Å². The monoisotopic (exact) mass is 596 g/mol. The molecule has 1 aliphatic carbocycles. The smallest absolute Gasteiger partial charge is 0.0800 e. The summed E-state index contributed by atoms with van der Waals surface area (Å²) >= 11 is 0. The summed E-state index contributed by atoms with van der Waals surface area (Å²) in [6.07, 6.45) is 0. The van der Waals surface area contributed by atoms with Crippen LogP contribution in [0.1, 0.15) is 0 Å². The van der Waals surface area contributed by atoms with Gasteiger partial charge in [0.15, 0.2) is 0 Å². The highest BCUT2D eigenvalue weighted by Crippen LogP contribution is 2.47. The summed E-state index contributed by atoms with van der Waals surface area (Å²) in [5, 5.41) is 4.96. The van der Waals surface area contributed by atoms with Gasteiger partial charge in [-0.2, -0.15) is 0 Å². The maximum atomic E-state index is 5.31. The van der Waals surface area contributed by atoms with Gasteiger partial charge in [0, 0.05) is 33.0 Å². The van der Waals surface area contributed by atoms with Crippen molar-refractivity contribution in [3.8, 4) is 61.6 Å². The molecule has 1 aliphatic rings. The van der Waals surface area contributed by atoms with Crippen molar-refractivity contribution in [2.75, 3.05) is 0 Å². The predicted octanol–water partition coefficient (Wildman–Crippen LogP) is 12.0. The van der Waals surface area contributed by atoms with Gasteiger partial charge in [0.25, 0.3) is 0 Å². The highest BCUT2D eigenvalue weighted by Gasteiger charge is 2.23. The zero-order valence-corrected chi connectivity index (χ0v) is 25.6. The lowest BCUT2D eigenvalue weighted by Crippen LogP contribution is -1.95. The number of nitrogens with zero attached hydrogens (tertiary/aromatic N) is 2. The van der Waals surface area contributed by atoms with E-state index in [2.05, 4.69) is 174 Å². The van der Waals surface area contributed by atoms with Crippen molar-refractivity contribution in [1.29, 1.82) is 0 Å². The van der Waals surface area contributed by atoms with Crippen LogP contribution in [-0.2, 0) is 0 Å². The molecule has 0 unspecified atom stereocenters. The largest absolute Gasteiger partial charge is 0.309 e. The minimum Gasteiger partial charge on any atom is -0.309 e. The summed E-state index contributed by atoms with van der Waals surface area (Å²) < 4.78 is 2.41. The highest BCUT2D eigenvalue weighted by molar-refractivity contribution is 6.15. The summed E-state index contributed by atoms with van der Waals surface area (Å²) in [5.41, 5.74) is 15.3. The third-order valence-electron chi connectivity index (χ3n) is 9.71. The van der Waals surface area contributed by atoms with Crippen LogP contribution in [0.4, 0.5) is 0 Å². The van der Waals surface area contributed by atoms with Crippen LogP contribution in [0.25, 0.3) is 94.2 Å². The van der Waals surface area contributed by atoms with E-state index in [9.17, 15) is 0 Å². The molecule has 0 saturated heterocycles. The lowest BCUT2D eigenvalue weighted by molar-refractivity contribution is 1.18. The van der Waals surface area contributed by atoms with Crippen molar-refractivity contribution in [3.63, 3.8) is 0 Å². The molecule has 2 aromatic heterocycles. The Labute approximate surface area is 272 Å². The van der Waals surface area contributed by atoms with E-state index in [0.717, 1.165) is 22.6 Å². The standard InChI is InChI=1S/C45H28N2/c1-3-11-29(12-4-1)31-21-23-42-39(26-31)40-27-32(30-13-5-2-6-14-30)22-24-43(40)47(42)35-17-9-15-33(25-35)41-28-34-16-10-20-37-36-18-7-8-19-38(36)45(46-41)44(34)37/h1-28H. The summed E-state index contributed by atoms with van der Waals surface area (Å²) in [7, 11) is 0. The van der Waals surface area contributed by atoms with Gasteiger partial charge in [-0.15, -0.1) is 0 Å². The molecule has 47 heavy (non-hydrogen) atoms. The molecule has 7 aromatic carbocycles. The first-order valence-corrected chi connectivity index (χ1v) is 16.1. The number of hydrogen-bond donors (Lipinski definition) is 0. The zero-order chi connectivity index (χ0) is 30.9. The van der Waals surface area contributed by atoms with E-state index in [0.29, 0.717) is 0 Å². The summed E-state index contributed by atoms with van der Waals surface area (Å²) in [6.45, 7) is 0. The van der Waals surface area contributed by atoms with Gasteiger partial charge in [0.2, 0.25) is 0 Å². The Balaban J connectivity index is 1.18. The van der Waals surface area contributed by atoms with Gasteiger partial charge in [-0.05, 0) is 81.2 Å². The topological polar surface area (TPSA) is 17.8 Å². The molecule has 0 saturated carbocycles. The van der Waals surface area contributed by atoms with Gasteiger partial charge >= 0.3 is 0 Å². The highest BCUT2D eigenvalue weighted by atomic mass is 15.0. The lowest BCUT2D eigenvalue weighted by Gasteiger charge is -2.12. The molecule has 2 heterocycles. The lowest BCUT2D eigenvalue weighted by atomic mass is 10.0. The van der Waals surface area contributed by atoms with Crippen LogP contribution in [-0.4, -0.2) is 9.55 Å². The molecule has 2 heteroatoms. The molecule has 0 aliphatic heterocycles.